The van der Waals surface area contributed by atoms with Crippen LogP contribution in [0.4, 0.5) is 0 Å². The van der Waals surface area contributed by atoms with Gasteiger partial charge in [0.1, 0.15) is 10.6 Å². The molecule has 0 unspecified atom stereocenters. The van der Waals surface area contributed by atoms with Gasteiger partial charge in [0.15, 0.2) is 5.16 Å². The van der Waals surface area contributed by atoms with Crippen molar-refractivity contribution in [2.24, 2.45) is 0 Å². The predicted octanol–water partition coefficient (Wildman–Crippen LogP) is 3.94. The minimum absolute atomic E-state index is 0.0613. The Labute approximate surface area is 178 Å². The maximum Gasteiger partial charge on any atom is 0.267 e. The average Bonchev–Trinajstić information content (AvgIpc) is 3.01. The molecule has 0 atom stereocenters. The Morgan fingerprint density at radius 3 is 2.79 bits per heavy atom. The Kier molecular flexibility index (Phi) is 6.64. The average molecular weight is 432 g/mol. The summed E-state index contributed by atoms with van der Waals surface area (Å²) in [5.41, 5.74) is 1.53. The van der Waals surface area contributed by atoms with E-state index < -0.39 is 0 Å². The molecule has 29 heavy (non-hydrogen) atoms. The number of thiophene rings is 1. The van der Waals surface area contributed by atoms with Gasteiger partial charge in [0.2, 0.25) is 5.91 Å². The van der Waals surface area contributed by atoms with Crippen LogP contribution in [-0.2, 0) is 11.2 Å². The van der Waals surface area contributed by atoms with Crippen molar-refractivity contribution < 1.29 is 9.53 Å². The van der Waals surface area contributed by atoms with E-state index in [1.54, 1.807) is 29.1 Å². The topological polar surface area (TPSA) is 73.2 Å². The van der Waals surface area contributed by atoms with Crippen molar-refractivity contribution in [3.8, 4) is 11.4 Å². The molecular weight excluding hydrogens is 406 g/mol. The first-order valence-electron chi connectivity index (χ1n) is 9.47. The number of ether oxygens (including phenoxy) is 1. The third kappa shape index (κ3) is 4.48. The molecule has 3 rings (SSSR count). The van der Waals surface area contributed by atoms with Crippen LogP contribution < -0.4 is 15.6 Å². The molecule has 0 spiro atoms. The number of hydrogen-bond donors (Lipinski definition) is 1. The van der Waals surface area contributed by atoms with Crippen molar-refractivity contribution in [2.45, 2.75) is 45.3 Å². The van der Waals surface area contributed by atoms with Crippen LogP contribution in [0.15, 0.2) is 34.2 Å². The molecule has 0 saturated heterocycles. The van der Waals surface area contributed by atoms with Crippen LogP contribution in [0.25, 0.3) is 15.9 Å². The zero-order valence-electron chi connectivity index (χ0n) is 17.2. The summed E-state index contributed by atoms with van der Waals surface area (Å²) in [6.07, 6.45) is 0.852. The van der Waals surface area contributed by atoms with Crippen molar-refractivity contribution in [1.29, 1.82) is 0 Å². The van der Waals surface area contributed by atoms with Gasteiger partial charge in [-0.2, -0.15) is 0 Å². The number of amides is 1. The third-order valence-electron chi connectivity index (χ3n) is 4.45. The van der Waals surface area contributed by atoms with Crippen molar-refractivity contribution in [3.63, 3.8) is 0 Å². The summed E-state index contributed by atoms with van der Waals surface area (Å²) in [5, 5.41) is 4.02. The molecule has 0 saturated carbocycles. The van der Waals surface area contributed by atoms with Crippen LogP contribution >= 0.6 is 23.1 Å². The highest BCUT2D eigenvalue weighted by Crippen LogP contribution is 2.31. The fourth-order valence-electron chi connectivity index (χ4n) is 3.12. The van der Waals surface area contributed by atoms with Gasteiger partial charge in [-0.15, -0.1) is 11.3 Å². The Morgan fingerprint density at radius 1 is 1.38 bits per heavy atom. The monoisotopic (exact) mass is 431 g/mol. The molecule has 0 aliphatic carbocycles. The number of carbonyl (C=O) groups is 1. The Balaban J connectivity index is 2.16. The number of fused-ring (bicyclic) bond motifs is 1. The molecule has 8 heteroatoms. The standard InChI is InChI=1S/C21H25N3O3S2/c1-6-16-13(4)18-19(29-16)23-21(28-11-17(25)22-12(2)3)24(20(18)26)14-8-7-9-15(10-14)27-5/h7-10,12H,6,11H2,1-5H3,(H,22,25). The van der Waals surface area contributed by atoms with E-state index in [0.717, 1.165) is 21.7 Å². The smallest absolute Gasteiger partial charge is 0.267 e. The lowest BCUT2D eigenvalue weighted by Crippen LogP contribution is -2.32. The number of aromatic nitrogens is 2. The van der Waals surface area contributed by atoms with Crippen molar-refractivity contribution in [2.75, 3.05) is 12.9 Å². The third-order valence-corrected chi connectivity index (χ3v) is 6.72. The summed E-state index contributed by atoms with van der Waals surface area (Å²) >= 11 is 2.81. The number of hydrogen-bond acceptors (Lipinski definition) is 6. The van der Waals surface area contributed by atoms with Gasteiger partial charge in [0.05, 0.1) is 23.9 Å². The molecule has 1 amide bonds. The van der Waals surface area contributed by atoms with Crippen LogP contribution in [-0.4, -0.2) is 34.4 Å². The second kappa shape index (κ2) is 9.00. The number of nitrogens with one attached hydrogen (secondary N) is 1. The highest BCUT2D eigenvalue weighted by molar-refractivity contribution is 7.99. The number of methoxy groups -OCH3 is 1. The van der Waals surface area contributed by atoms with Crippen molar-refractivity contribution >= 4 is 39.2 Å². The number of rotatable bonds is 7. The van der Waals surface area contributed by atoms with Gasteiger partial charge in [-0.25, -0.2) is 4.98 Å². The van der Waals surface area contributed by atoms with Gasteiger partial charge in [-0.05, 0) is 44.9 Å². The Hall–Kier alpha value is -2.32. The van der Waals surface area contributed by atoms with E-state index in [9.17, 15) is 9.59 Å². The molecule has 2 heterocycles. The van der Waals surface area contributed by atoms with Crippen molar-refractivity contribution in [1.82, 2.24) is 14.9 Å². The molecule has 154 valence electrons. The summed E-state index contributed by atoms with van der Waals surface area (Å²) in [6.45, 7) is 7.88. The molecule has 3 aromatic rings. The number of aryl methyl sites for hydroxylation is 2. The Morgan fingerprint density at radius 2 is 2.14 bits per heavy atom. The van der Waals surface area contributed by atoms with Crippen LogP contribution in [0.1, 0.15) is 31.2 Å². The lowest BCUT2D eigenvalue weighted by molar-refractivity contribution is -0.119. The van der Waals surface area contributed by atoms with E-state index in [2.05, 4.69) is 12.2 Å². The Bertz CT molecular complexity index is 1100. The first kappa shape index (κ1) is 21.4. The second-order valence-electron chi connectivity index (χ2n) is 6.93. The zero-order chi connectivity index (χ0) is 21.1. The number of benzene rings is 1. The number of carbonyl (C=O) groups excluding carboxylic acids is 1. The van der Waals surface area contributed by atoms with Crippen LogP contribution in [0.3, 0.4) is 0 Å². The number of thioether (sulfide) groups is 1. The minimum atomic E-state index is -0.122. The van der Waals surface area contributed by atoms with E-state index in [-0.39, 0.29) is 23.3 Å². The highest BCUT2D eigenvalue weighted by Gasteiger charge is 2.20. The van der Waals surface area contributed by atoms with E-state index in [1.165, 1.54) is 11.8 Å². The normalized spacial score (nSPS) is 11.2. The molecule has 0 aliphatic rings. The minimum Gasteiger partial charge on any atom is -0.497 e. The van der Waals surface area contributed by atoms with Gasteiger partial charge < -0.3 is 10.1 Å². The highest BCUT2D eigenvalue weighted by atomic mass is 32.2. The summed E-state index contributed by atoms with van der Waals surface area (Å²) < 4.78 is 6.91. The molecule has 0 fully saturated rings. The first-order chi connectivity index (χ1) is 13.8. The van der Waals surface area contributed by atoms with Gasteiger partial charge in [-0.1, -0.05) is 24.8 Å². The summed E-state index contributed by atoms with van der Waals surface area (Å²) in [5.74, 6) is 0.748. The summed E-state index contributed by atoms with van der Waals surface area (Å²) in [4.78, 5) is 32.3. The van der Waals surface area contributed by atoms with Gasteiger partial charge in [0.25, 0.3) is 5.56 Å². The summed E-state index contributed by atoms with van der Waals surface area (Å²) in [6, 6.07) is 7.37. The molecular formula is C21H25N3O3S2. The van der Waals surface area contributed by atoms with E-state index in [0.29, 0.717) is 22.0 Å². The van der Waals surface area contributed by atoms with Gasteiger partial charge in [-0.3, -0.25) is 14.2 Å². The fourth-order valence-corrected chi connectivity index (χ4v) is 5.10. The lowest BCUT2D eigenvalue weighted by Gasteiger charge is -2.14. The lowest BCUT2D eigenvalue weighted by atomic mass is 10.2. The molecule has 1 aromatic carbocycles. The summed E-state index contributed by atoms with van der Waals surface area (Å²) in [7, 11) is 1.59. The predicted molar refractivity (Wildman–Crippen MR) is 120 cm³/mol. The van der Waals surface area contributed by atoms with Crippen LogP contribution in [0, 0.1) is 6.92 Å². The maximum absolute atomic E-state index is 13.5. The molecule has 0 bridgehead atoms. The number of nitrogens with zero attached hydrogens (tertiary/aromatic N) is 2. The second-order valence-corrected chi connectivity index (χ2v) is 8.96. The molecule has 6 nitrogen and oxygen atoms in total. The van der Waals surface area contributed by atoms with Crippen molar-refractivity contribution in [3.05, 3.63) is 45.1 Å². The molecule has 1 N–H and O–H groups in total. The maximum atomic E-state index is 13.5. The largest absolute Gasteiger partial charge is 0.497 e. The zero-order valence-corrected chi connectivity index (χ0v) is 18.9. The van der Waals surface area contributed by atoms with E-state index in [1.807, 2.05) is 39.0 Å². The van der Waals surface area contributed by atoms with Gasteiger partial charge >= 0.3 is 0 Å². The van der Waals surface area contributed by atoms with Crippen LogP contribution in [0.2, 0.25) is 0 Å². The quantitative estimate of drug-likeness (QED) is 0.453. The fraction of sp³-hybridized carbons (Fsp3) is 0.381. The molecule has 0 aliphatic heterocycles. The molecule has 0 radical (unpaired) electrons. The first-order valence-corrected chi connectivity index (χ1v) is 11.3. The van der Waals surface area contributed by atoms with E-state index >= 15 is 0 Å². The SMILES string of the molecule is CCc1sc2nc(SCC(=O)NC(C)C)n(-c3cccc(OC)c3)c(=O)c2c1C. The van der Waals surface area contributed by atoms with Gasteiger partial charge in [0, 0.05) is 17.0 Å². The molecule has 2 aromatic heterocycles. The van der Waals surface area contributed by atoms with E-state index in [4.69, 9.17) is 9.72 Å². The van der Waals surface area contributed by atoms with Crippen LogP contribution in [0.5, 0.6) is 5.75 Å².